The first-order valence-electron chi connectivity index (χ1n) is 7.82. The minimum atomic E-state index is -0.218. The third kappa shape index (κ3) is 3.90. The van der Waals surface area contributed by atoms with Crippen LogP contribution in [0.5, 0.6) is 17.2 Å². The lowest BCUT2D eigenvalue weighted by molar-refractivity contribution is -0.113. The van der Waals surface area contributed by atoms with E-state index in [1.54, 1.807) is 50.6 Å². The first-order valence-corrected chi connectivity index (χ1v) is 9.42. The van der Waals surface area contributed by atoms with Crippen LogP contribution in [0.25, 0.3) is 6.08 Å². The molecule has 0 aromatic heterocycles. The summed E-state index contributed by atoms with van der Waals surface area (Å²) in [5.41, 5.74) is 1.35. The van der Waals surface area contributed by atoms with Crippen LogP contribution >= 0.6 is 35.6 Å². The smallest absolute Gasteiger partial charge is 0.270 e. The Bertz CT molecular complexity index is 945. The summed E-state index contributed by atoms with van der Waals surface area (Å²) in [5, 5.41) is 0.407. The van der Waals surface area contributed by atoms with E-state index in [0.29, 0.717) is 37.2 Å². The summed E-state index contributed by atoms with van der Waals surface area (Å²) in [6, 6.07) is 10.5. The van der Waals surface area contributed by atoms with Crippen LogP contribution in [0.4, 0.5) is 5.69 Å². The highest BCUT2D eigenvalue weighted by atomic mass is 35.5. The topological polar surface area (TPSA) is 48.0 Å². The zero-order chi connectivity index (χ0) is 19.6. The molecule has 0 aliphatic carbocycles. The maximum absolute atomic E-state index is 12.9. The second-order valence-corrected chi connectivity index (χ2v) is 7.53. The molecule has 140 valence electrons. The average molecular weight is 422 g/mol. The summed E-state index contributed by atoms with van der Waals surface area (Å²) < 4.78 is 16.2. The van der Waals surface area contributed by atoms with Gasteiger partial charge < -0.3 is 14.2 Å². The summed E-state index contributed by atoms with van der Waals surface area (Å²) >= 11 is 12.8. The molecule has 1 heterocycles. The maximum Gasteiger partial charge on any atom is 0.270 e. The third-order valence-corrected chi connectivity index (χ3v) is 5.51. The predicted molar refractivity (Wildman–Crippen MR) is 113 cm³/mol. The number of nitrogens with zero attached hydrogens (tertiary/aromatic N) is 1. The van der Waals surface area contributed by atoms with Gasteiger partial charge in [0.05, 0.1) is 36.9 Å². The number of halogens is 1. The van der Waals surface area contributed by atoms with Gasteiger partial charge in [-0.2, -0.15) is 0 Å². The number of rotatable bonds is 5. The molecule has 1 aliphatic rings. The Morgan fingerprint density at radius 3 is 2.41 bits per heavy atom. The number of hydrogen-bond acceptors (Lipinski definition) is 6. The third-order valence-electron chi connectivity index (χ3n) is 3.91. The fraction of sp³-hybridized carbons (Fsp3) is 0.158. The molecule has 0 unspecified atom stereocenters. The number of methoxy groups -OCH3 is 3. The van der Waals surface area contributed by atoms with E-state index in [-0.39, 0.29) is 5.91 Å². The molecule has 1 saturated heterocycles. The molecule has 3 rings (SSSR count). The molecule has 2 aromatic rings. The molecule has 5 nitrogen and oxygen atoms in total. The van der Waals surface area contributed by atoms with E-state index in [0.717, 1.165) is 5.56 Å². The lowest BCUT2D eigenvalue weighted by Gasteiger charge is -2.15. The largest absolute Gasteiger partial charge is 0.497 e. The number of carbonyl (C=O) groups is 1. The van der Waals surface area contributed by atoms with Crippen molar-refractivity contribution in [3.05, 3.63) is 51.9 Å². The molecular weight excluding hydrogens is 406 g/mol. The van der Waals surface area contributed by atoms with Crippen molar-refractivity contribution in [2.45, 2.75) is 0 Å². The second kappa shape index (κ2) is 8.21. The number of hydrogen-bond donors (Lipinski definition) is 0. The van der Waals surface area contributed by atoms with Gasteiger partial charge in [-0.1, -0.05) is 35.6 Å². The molecule has 8 heteroatoms. The SMILES string of the molecule is COc1ccc(C=C2SC(=S)N(c3ccc(OC)c(Cl)c3)C2=O)c(OC)c1. The Balaban J connectivity index is 1.94. The second-order valence-electron chi connectivity index (χ2n) is 5.44. The highest BCUT2D eigenvalue weighted by Crippen LogP contribution is 2.39. The van der Waals surface area contributed by atoms with E-state index in [4.69, 9.17) is 38.0 Å². The van der Waals surface area contributed by atoms with Gasteiger partial charge in [-0.3, -0.25) is 9.69 Å². The standard InChI is InChI=1S/C19H16ClNO4S2/c1-23-13-6-4-11(16(10-13)25-3)8-17-18(22)21(19(26)27-17)12-5-7-15(24-2)14(20)9-12/h4-10H,1-3H3. The molecule has 27 heavy (non-hydrogen) atoms. The summed E-state index contributed by atoms with van der Waals surface area (Å²) in [6.07, 6.45) is 1.75. The van der Waals surface area contributed by atoms with Crippen LogP contribution in [0, 0.1) is 0 Å². The van der Waals surface area contributed by atoms with E-state index < -0.39 is 0 Å². The Morgan fingerprint density at radius 2 is 1.78 bits per heavy atom. The Kier molecular flexibility index (Phi) is 5.94. The van der Waals surface area contributed by atoms with Crippen LogP contribution in [0.2, 0.25) is 5.02 Å². The summed E-state index contributed by atoms with van der Waals surface area (Å²) in [4.78, 5) is 14.9. The Morgan fingerprint density at radius 1 is 1.04 bits per heavy atom. The Labute approximate surface area is 171 Å². The number of amides is 1. The monoisotopic (exact) mass is 421 g/mol. The van der Waals surface area contributed by atoms with E-state index in [1.807, 2.05) is 6.07 Å². The quantitative estimate of drug-likeness (QED) is 0.512. The van der Waals surface area contributed by atoms with Crippen LogP contribution in [-0.4, -0.2) is 31.6 Å². The van der Waals surface area contributed by atoms with E-state index in [1.165, 1.54) is 23.8 Å². The molecule has 1 amide bonds. The van der Waals surface area contributed by atoms with Gasteiger partial charge in [0.15, 0.2) is 4.32 Å². The number of anilines is 1. The molecule has 0 saturated carbocycles. The number of carbonyl (C=O) groups excluding carboxylic acids is 1. The molecule has 0 spiro atoms. The van der Waals surface area contributed by atoms with Crippen molar-refractivity contribution in [3.8, 4) is 17.2 Å². The predicted octanol–water partition coefficient (Wildman–Crippen LogP) is 4.77. The highest BCUT2D eigenvalue weighted by Gasteiger charge is 2.33. The first-order chi connectivity index (χ1) is 13.0. The normalized spacial score (nSPS) is 15.4. The molecule has 1 fully saturated rings. The number of thioether (sulfide) groups is 1. The van der Waals surface area contributed by atoms with Crippen LogP contribution < -0.4 is 19.1 Å². The van der Waals surface area contributed by atoms with Crippen molar-refractivity contribution in [3.63, 3.8) is 0 Å². The number of benzene rings is 2. The zero-order valence-electron chi connectivity index (χ0n) is 14.8. The van der Waals surface area contributed by atoms with Gasteiger partial charge >= 0.3 is 0 Å². The molecule has 1 aliphatic heterocycles. The van der Waals surface area contributed by atoms with Crippen molar-refractivity contribution in [1.29, 1.82) is 0 Å². The number of thiocarbonyl (C=S) groups is 1. The van der Waals surface area contributed by atoms with E-state index >= 15 is 0 Å². The first kappa shape index (κ1) is 19.5. The molecule has 0 atom stereocenters. The lowest BCUT2D eigenvalue weighted by Crippen LogP contribution is -2.27. The summed E-state index contributed by atoms with van der Waals surface area (Å²) in [7, 11) is 4.68. The molecule has 0 radical (unpaired) electrons. The maximum atomic E-state index is 12.9. The summed E-state index contributed by atoms with van der Waals surface area (Å²) in [5.74, 6) is 1.59. The Hall–Kier alpha value is -2.22. The van der Waals surface area contributed by atoms with Crippen LogP contribution in [0.15, 0.2) is 41.3 Å². The lowest BCUT2D eigenvalue weighted by atomic mass is 10.1. The summed E-state index contributed by atoms with van der Waals surface area (Å²) in [6.45, 7) is 0. The van der Waals surface area contributed by atoms with Gasteiger partial charge in [0.1, 0.15) is 17.2 Å². The molecule has 0 N–H and O–H groups in total. The van der Waals surface area contributed by atoms with Crippen molar-refractivity contribution in [2.75, 3.05) is 26.2 Å². The fourth-order valence-electron chi connectivity index (χ4n) is 2.56. The highest BCUT2D eigenvalue weighted by molar-refractivity contribution is 8.27. The average Bonchev–Trinajstić information content (AvgIpc) is 2.95. The van der Waals surface area contributed by atoms with Crippen molar-refractivity contribution >= 4 is 57.6 Å². The van der Waals surface area contributed by atoms with E-state index in [9.17, 15) is 4.79 Å². The van der Waals surface area contributed by atoms with Crippen molar-refractivity contribution in [2.24, 2.45) is 0 Å². The van der Waals surface area contributed by atoms with Crippen LogP contribution in [0.3, 0.4) is 0 Å². The van der Waals surface area contributed by atoms with Gasteiger partial charge in [0, 0.05) is 11.6 Å². The van der Waals surface area contributed by atoms with Crippen molar-refractivity contribution in [1.82, 2.24) is 0 Å². The van der Waals surface area contributed by atoms with Gasteiger partial charge in [-0.25, -0.2) is 0 Å². The van der Waals surface area contributed by atoms with Crippen LogP contribution in [-0.2, 0) is 4.79 Å². The van der Waals surface area contributed by atoms with Gasteiger partial charge in [-0.15, -0.1) is 0 Å². The van der Waals surface area contributed by atoms with Crippen LogP contribution in [0.1, 0.15) is 5.56 Å². The molecular formula is C19H16ClNO4S2. The van der Waals surface area contributed by atoms with Gasteiger partial charge in [-0.05, 0) is 36.4 Å². The number of ether oxygens (including phenoxy) is 3. The minimum Gasteiger partial charge on any atom is -0.497 e. The minimum absolute atomic E-state index is 0.218. The zero-order valence-corrected chi connectivity index (χ0v) is 17.2. The van der Waals surface area contributed by atoms with Crippen molar-refractivity contribution < 1.29 is 19.0 Å². The molecule has 0 bridgehead atoms. The fourth-order valence-corrected chi connectivity index (χ4v) is 4.11. The molecule has 2 aromatic carbocycles. The van der Waals surface area contributed by atoms with Gasteiger partial charge in [0.2, 0.25) is 0 Å². The van der Waals surface area contributed by atoms with E-state index in [2.05, 4.69) is 0 Å². The van der Waals surface area contributed by atoms with Gasteiger partial charge in [0.25, 0.3) is 5.91 Å².